The third-order valence-electron chi connectivity index (χ3n) is 8.04. The van der Waals surface area contributed by atoms with Crippen LogP contribution in [0.2, 0.25) is 5.02 Å². The van der Waals surface area contributed by atoms with E-state index in [1.165, 1.54) is 0 Å². The number of hydrogen-bond acceptors (Lipinski definition) is 5. The topological polar surface area (TPSA) is 108 Å². The van der Waals surface area contributed by atoms with Crippen molar-refractivity contribution in [2.75, 3.05) is 11.9 Å². The molecule has 1 fully saturated rings. The summed E-state index contributed by atoms with van der Waals surface area (Å²) in [5.41, 5.74) is 3.93. The average molecular weight is 601 g/mol. The number of nitrogens with one attached hydrogen (secondary N) is 3. The van der Waals surface area contributed by atoms with Gasteiger partial charge < -0.3 is 20.9 Å². The monoisotopic (exact) mass is 600 g/mol. The lowest BCUT2D eigenvalue weighted by molar-refractivity contribution is -0.142. The predicted molar refractivity (Wildman–Crippen MR) is 167 cm³/mol. The standard InChI is InChI=1S/C34H37ClN4O4/c1-22-19-27(13-14-28(22)35)37-33(42)29(17-18-36-26-11-12-26)38-34(43)30-20-24-9-5-6-10-25(24)21-39(30)32(41)16-15-31(40)23-7-3-2-4-8-23/h2-10,13-14,19,26,29-30,36H,11-12,15-18,20-21H2,1H3,(H,37,42)(H,38,43)/t29?,30-/m0/s1. The molecule has 1 aliphatic carbocycles. The number of nitrogens with zero attached hydrogens (tertiary/aromatic N) is 1. The Morgan fingerprint density at radius 3 is 2.37 bits per heavy atom. The first-order valence-electron chi connectivity index (χ1n) is 14.8. The molecule has 43 heavy (non-hydrogen) atoms. The molecule has 0 bridgehead atoms. The van der Waals surface area contributed by atoms with E-state index in [9.17, 15) is 19.2 Å². The van der Waals surface area contributed by atoms with Crippen LogP contribution in [0.15, 0.2) is 72.8 Å². The Labute approximate surface area is 257 Å². The first-order valence-corrected chi connectivity index (χ1v) is 15.2. The summed E-state index contributed by atoms with van der Waals surface area (Å²) in [7, 11) is 0. The van der Waals surface area contributed by atoms with Crippen molar-refractivity contribution in [2.45, 2.75) is 70.1 Å². The molecule has 0 aromatic heterocycles. The zero-order chi connectivity index (χ0) is 30.3. The molecule has 0 radical (unpaired) electrons. The number of carbonyl (C=O) groups is 4. The highest BCUT2D eigenvalue weighted by Crippen LogP contribution is 2.26. The molecular formula is C34H37ClN4O4. The van der Waals surface area contributed by atoms with Crippen molar-refractivity contribution in [2.24, 2.45) is 0 Å². The highest BCUT2D eigenvalue weighted by atomic mass is 35.5. The molecule has 3 N–H and O–H groups in total. The van der Waals surface area contributed by atoms with Gasteiger partial charge in [0, 0.05) is 48.1 Å². The van der Waals surface area contributed by atoms with Gasteiger partial charge >= 0.3 is 0 Å². The summed E-state index contributed by atoms with van der Waals surface area (Å²) in [6.45, 7) is 2.69. The van der Waals surface area contributed by atoms with Crippen LogP contribution in [0, 0.1) is 6.92 Å². The number of fused-ring (bicyclic) bond motifs is 1. The minimum atomic E-state index is -0.816. The average Bonchev–Trinajstić information content (AvgIpc) is 3.85. The molecule has 1 heterocycles. The van der Waals surface area contributed by atoms with Gasteiger partial charge in [0.2, 0.25) is 17.7 Å². The van der Waals surface area contributed by atoms with E-state index < -0.39 is 18.0 Å². The lowest BCUT2D eigenvalue weighted by atomic mass is 9.92. The molecule has 1 unspecified atom stereocenters. The number of halogens is 1. The fourth-order valence-corrected chi connectivity index (χ4v) is 5.48. The summed E-state index contributed by atoms with van der Waals surface area (Å²) in [5.74, 6) is -1.12. The molecule has 0 saturated heterocycles. The van der Waals surface area contributed by atoms with Crippen LogP contribution < -0.4 is 16.0 Å². The maximum Gasteiger partial charge on any atom is 0.246 e. The second-order valence-electron chi connectivity index (χ2n) is 11.3. The van der Waals surface area contributed by atoms with Gasteiger partial charge in [-0.25, -0.2) is 0 Å². The number of ketones is 1. The number of Topliss-reactive ketones (excluding diaryl/α,β-unsaturated/α-hetero) is 1. The van der Waals surface area contributed by atoms with Gasteiger partial charge in [-0.05, 0) is 67.6 Å². The minimum absolute atomic E-state index is 0.00911. The third-order valence-corrected chi connectivity index (χ3v) is 8.46. The Kier molecular flexibility index (Phi) is 9.89. The normalized spacial score (nSPS) is 16.6. The van der Waals surface area contributed by atoms with E-state index in [0.717, 1.165) is 29.5 Å². The maximum atomic E-state index is 13.9. The molecular weight excluding hydrogens is 564 g/mol. The first kappa shape index (κ1) is 30.4. The predicted octanol–water partition coefficient (Wildman–Crippen LogP) is 4.83. The lowest BCUT2D eigenvalue weighted by Gasteiger charge is -2.37. The second kappa shape index (κ2) is 14.0. The van der Waals surface area contributed by atoms with Crippen LogP contribution in [-0.4, -0.2) is 53.1 Å². The minimum Gasteiger partial charge on any atom is -0.342 e. The molecule has 0 spiro atoms. The lowest BCUT2D eigenvalue weighted by Crippen LogP contribution is -2.56. The van der Waals surface area contributed by atoms with Gasteiger partial charge in [0.05, 0.1) is 0 Å². The zero-order valence-electron chi connectivity index (χ0n) is 24.3. The molecule has 2 atom stereocenters. The Balaban J connectivity index is 1.30. The molecule has 9 heteroatoms. The zero-order valence-corrected chi connectivity index (χ0v) is 25.0. The van der Waals surface area contributed by atoms with E-state index in [0.29, 0.717) is 41.7 Å². The fraction of sp³-hybridized carbons (Fsp3) is 0.353. The Morgan fingerprint density at radius 1 is 0.930 bits per heavy atom. The quantitative estimate of drug-likeness (QED) is 0.258. The van der Waals surface area contributed by atoms with E-state index in [4.69, 9.17) is 11.6 Å². The van der Waals surface area contributed by atoms with Crippen LogP contribution >= 0.6 is 11.6 Å². The van der Waals surface area contributed by atoms with Crippen molar-refractivity contribution in [3.05, 3.63) is 100 Å². The molecule has 3 aromatic carbocycles. The Hall–Kier alpha value is -4.01. The molecule has 224 valence electrons. The van der Waals surface area contributed by atoms with Crippen LogP contribution in [0.4, 0.5) is 5.69 Å². The molecule has 2 aliphatic rings. The Bertz CT molecular complexity index is 1490. The number of benzene rings is 3. The number of carbonyl (C=O) groups excluding carboxylic acids is 4. The number of anilines is 1. The van der Waals surface area contributed by atoms with Crippen molar-refractivity contribution in [1.29, 1.82) is 0 Å². The highest BCUT2D eigenvalue weighted by Gasteiger charge is 2.36. The summed E-state index contributed by atoms with van der Waals surface area (Å²) in [6, 6.07) is 20.7. The van der Waals surface area contributed by atoms with Gasteiger partial charge in [0.25, 0.3) is 0 Å². The van der Waals surface area contributed by atoms with E-state index in [1.54, 1.807) is 47.4 Å². The van der Waals surface area contributed by atoms with Crippen LogP contribution in [0.25, 0.3) is 0 Å². The number of hydrogen-bond donors (Lipinski definition) is 3. The van der Waals surface area contributed by atoms with Gasteiger partial charge in [-0.3, -0.25) is 19.2 Å². The smallest absolute Gasteiger partial charge is 0.246 e. The summed E-state index contributed by atoms with van der Waals surface area (Å²) >= 11 is 6.16. The molecule has 1 aliphatic heterocycles. The number of aryl methyl sites for hydroxylation is 1. The maximum absolute atomic E-state index is 13.9. The van der Waals surface area contributed by atoms with E-state index in [2.05, 4.69) is 16.0 Å². The molecule has 8 nitrogen and oxygen atoms in total. The van der Waals surface area contributed by atoms with Crippen LogP contribution in [0.3, 0.4) is 0 Å². The van der Waals surface area contributed by atoms with Gasteiger partial charge in [0.15, 0.2) is 5.78 Å². The van der Waals surface area contributed by atoms with E-state index in [-0.39, 0.29) is 37.0 Å². The number of amides is 3. The van der Waals surface area contributed by atoms with Gasteiger partial charge in [-0.2, -0.15) is 0 Å². The van der Waals surface area contributed by atoms with E-state index in [1.807, 2.05) is 37.3 Å². The van der Waals surface area contributed by atoms with Crippen molar-refractivity contribution in [3.63, 3.8) is 0 Å². The third kappa shape index (κ3) is 8.09. The summed E-state index contributed by atoms with van der Waals surface area (Å²) in [4.78, 5) is 55.1. The summed E-state index contributed by atoms with van der Waals surface area (Å²) in [5, 5.41) is 9.88. The van der Waals surface area contributed by atoms with Gasteiger partial charge in [0.1, 0.15) is 12.1 Å². The van der Waals surface area contributed by atoms with Crippen molar-refractivity contribution < 1.29 is 19.2 Å². The molecule has 1 saturated carbocycles. The molecule has 5 rings (SSSR count). The highest BCUT2D eigenvalue weighted by molar-refractivity contribution is 6.31. The second-order valence-corrected chi connectivity index (χ2v) is 11.7. The molecule has 3 amide bonds. The SMILES string of the molecule is Cc1cc(NC(=O)C(CCNC2CC2)NC(=O)[C@@H]2Cc3ccccc3CN2C(=O)CCC(=O)c2ccccc2)ccc1Cl. The van der Waals surface area contributed by atoms with Crippen molar-refractivity contribution in [3.8, 4) is 0 Å². The van der Waals surface area contributed by atoms with Crippen molar-refractivity contribution >= 4 is 40.8 Å². The first-order chi connectivity index (χ1) is 20.8. The van der Waals surface area contributed by atoms with Crippen LogP contribution in [0.1, 0.15) is 59.2 Å². The van der Waals surface area contributed by atoms with Crippen molar-refractivity contribution in [1.82, 2.24) is 15.5 Å². The van der Waals surface area contributed by atoms with Gasteiger partial charge in [-0.15, -0.1) is 0 Å². The molecule has 3 aromatic rings. The van der Waals surface area contributed by atoms with E-state index >= 15 is 0 Å². The van der Waals surface area contributed by atoms with Crippen LogP contribution in [-0.2, 0) is 27.3 Å². The Morgan fingerprint density at radius 2 is 1.65 bits per heavy atom. The number of rotatable bonds is 12. The summed E-state index contributed by atoms with van der Waals surface area (Å²) < 4.78 is 0. The fourth-order valence-electron chi connectivity index (χ4n) is 5.36. The summed E-state index contributed by atoms with van der Waals surface area (Å²) in [6.07, 6.45) is 2.98. The van der Waals surface area contributed by atoms with Crippen LogP contribution in [0.5, 0.6) is 0 Å². The largest absolute Gasteiger partial charge is 0.342 e. The van der Waals surface area contributed by atoms with Gasteiger partial charge in [-0.1, -0.05) is 66.2 Å².